The Hall–Kier alpha value is -0.770. The van der Waals surface area contributed by atoms with Crippen molar-refractivity contribution in [1.82, 2.24) is 9.80 Å². The highest BCUT2D eigenvalue weighted by molar-refractivity contribution is 6.31. The minimum absolute atomic E-state index is 0.662. The Balaban J connectivity index is 2.00. The Labute approximate surface area is 108 Å². The Kier molecular flexibility index (Phi) is 3.92. The number of nitrogens with two attached hydrogens (primary N) is 1. The molecule has 4 heteroatoms. The third-order valence-electron chi connectivity index (χ3n) is 3.44. The van der Waals surface area contributed by atoms with Gasteiger partial charge in [-0.2, -0.15) is 0 Å². The van der Waals surface area contributed by atoms with E-state index < -0.39 is 0 Å². The molecule has 0 saturated carbocycles. The van der Waals surface area contributed by atoms with E-state index in [1.165, 1.54) is 6.42 Å². The van der Waals surface area contributed by atoms with Crippen molar-refractivity contribution < 1.29 is 0 Å². The van der Waals surface area contributed by atoms with Crippen molar-refractivity contribution >= 4 is 17.3 Å². The van der Waals surface area contributed by atoms with Crippen LogP contribution in [-0.2, 0) is 6.54 Å². The average Bonchev–Trinajstić information content (AvgIpc) is 2.72. The normalized spacial score (nSPS) is 21.3. The molecule has 0 amide bonds. The summed E-state index contributed by atoms with van der Waals surface area (Å²) in [6.07, 6.45) is 1.23. The van der Waals surface area contributed by atoms with Gasteiger partial charge in [-0.25, -0.2) is 0 Å². The zero-order valence-corrected chi connectivity index (χ0v) is 11.2. The minimum Gasteiger partial charge on any atom is -0.399 e. The highest BCUT2D eigenvalue weighted by Crippen LogP contribution is 2.23. The Bertz CT molecular complexity index is 392. The first kappa shape index (κ1) is 12.7. The molecule has 1 heterocycles. The summed E-state index contributed by atoms with van der Waals surface area (Å²) in [5.41, 5.74) is 7.71. The van der Waals surface area contributed by atoms with Gasteiger partial charge in [0.25, 0.3) is 0 Å². The molecule has 1 aromatic rings. The lowest BCUT2D eigenvalue weighted by Crippen LogP contribution is -2.31. The molecule has 0 spiro atoms. The van der Waals surface area contributed by atoms with E-state index in [-0.39, 0.29) is 0 Å². The Morgan fingerprint density at radius 1 is 1.47 bits per heavy atom. The molecular formula is C13H20ClN3. The van der Waals surface area contributed by atoms with Crippen LogP contribution < -0.4 is 5.73 Å². The van der Waals surface area contributed by atoms with Crippen molar-refractivity contribution in [2.75, 3.05) is 32.9 Å². The first-order valence-electron chi connectivity index (χ1n) is 5.99. The maximum absolute atomic E-state index is 6.18. The summed E-state index contributed by atoms with van der Waals surface area (Å²) in [6, 6.07) is 6.37. The molecule has 1 saturated heterocycles. The van der Waals surface area contributed by atoms with Crippen LogP contribution in [0.4, 0.5) is 5.69 Å². The number of nitrogens with zero attached hydrogens (tertiary/aromatic N) is 2. The second kappa shape index (κ2) is 5.25. The maximum Gasteiger partial charge on any atom is 0.0452 e. The van der Waals surface area contributed by atoms with Crippen LogP contribution >= 0.6 is 11.6 Å². The fourth-order valence-electron chi connectivity index (χ4n) is 2.33. The number of hydrogen-bond donors (Lipinski definition) is 1. The van der Waals surface area contributed by atoms with E-state index in [0.29, 0.717) is 6.04 Å². The molecule has 0 aliphatic carbocycles. The molecule has 0 radical (unpaired) electrons. The van der Waals surface area contributed by atoms with Crippen molar-refractivity contribution in [3.8, 4) is 0 Å². The molecule has 1 aliphatic heterocycles. The largest absolute Gasteiger partial charge is 0.399 e. The number of benzene rings is 1. The van der Waals surface area contributed by atoms with E-state index in [4.69, 9.17) is 17.3 Å². The monoisotopic (exact) mass is 253 g/mol. The predicted molar refractivity (Wildman–Crippen MR) is 73.2 cm³/mol. The summed E-state index contributed by atoms with van der Waals surface area (Å²) in [5, 5.41) is 0.813. The molecule has 2 rings (SSSR count). The van der Waals surface area contributed by atoms with Crippen LogP contribution in [0.3, 0.4) is 0 Å². The van der Waals surface area contributed by atoms with Gasteiger partial charge in [-0.3, -0.25) is 4.90 Å². The number of hydrogen-bond acceptors (Lipinski definition) is 3. The van der Waals surface area contributed by atoms with Crippen LogP contribution in [0.25, 0.3) is 0 Å². The second-order valence-corrected chi connectivity index (χ2v) is 5.40. The van der Waals surface area contributed by atoms with E-state index >= 15 is 0 Å². The Morgan fingerprint density at radius 2 is 2.24 bits per heavy atom. The van der Waals surface area contributed by atoms with Gasteiger partial charge in [0, 0.05) is 36.4 Å². The van der Waals surface area contributed by atoms with E-state index in [9.17, 15) is 0 Å². The van der Waals surface area contributed by atoms with Gasteiger partial charge in [0.2, 0.25) is 0 Å². The lowest BCUT2D eigenvalue weighted by Gasteiger charge is -2.20. The molecule has 2 N–H and O–H groups in total. The fraction of sp³-hybridized carbons (Fsp3) is 0.538. The molecule has 17 heavy (non-hydrogen) atoms. The lowest BCUT2D eigenvalue weighted by molar-refractivity contribution is 0.265. The van der Waals surface area contributed by atoms with Crippen molar-refractivity contribution in [2.45, 2.75) is 19.0 Å². The van der Waals surface area contributed by atoms with Crippen molar-refractivity contribution in [1.29, 1.82) is 0 Å². The topological polar surface area (TPSA) is 32.5 Å². The van der Waals surface area contributed by atoms with Gasteiger partial charge in [0.15, 0.2) is 0 Å². The predicted octanol–water partition coefficient (Wildman–Crippen LogP) is 2.06. The van der Waals surface area contributed by atoms with E-state index in [0.717, 1.165) is 35.9 Å². The highest BCUT2D eigenvalue weighted by Gasteiger charge is 2.24. The van der Waals surface area contributed by atoms with Crippen molar-refractivity contribution in [3.63, 3.8) is 0 Å². The van der Waals surface area contributed by atoms with Gasteiger partial charge in [-0.15, -0.1) is 0 Å². The van der Waals surface area contributed by atoms with Crippen LogP contribution in [0, 0.1) is 0 Å². The van der Waals surface area contributed by atoms with Crippen LogP contribution in [0.15, 0.2) is 18.2 Å². The third-order valence-corrected chi connectivity index (χ3v) is 3.81. The van der Waals surface area contributed by atoms with Gasteiger partial charge in [-0.1, -0.05) is 11.6 Å². The quantitative estimate of drug-likeness (QED) is 0.837. The van der Waals surface area contributed by atoms with E-state index in [2.05, 4.69) is 23.9 Å². The second-order valence-electron chi connectivity index (χ2n) is 4.99. The number of halogens is 1. The molecule has 1 atom stereocenters. The van der Waals surface area contributed by atoms with Crippen LogP contribution in [0.2, 0.25) is 5.02 Å². The number of rotatable bonds is 3. The zero-order valence-electron chi connectivity index (χ0n) is 10.5. The summed E-state index contributed by atoms with van der Waals surface area (Å²) < 4.78 is 0. The molecule has 0 aromatic heterocycles. The van der Waals surface area contributed by atoms with Crippen LogP contribution in [0.5, 0.6) is 0 Å². The smallest absolute Gasteiger partial charge is 0.0452 e. The maximum atomic E-state index is 6.18. The molecule has 1 aromatic carbocycles. The van der Waals surface area contributed by atoms with Crippen molar-refractivity contribution in [2.24, 2.45) is 0 Å². The number of nitrogen functional groups attached to an aromatic ring is 1. The summed E-state index contributed by atoms with van der Waals surface area (Å²) in [4.78, 5) is 4.73. The summed E-state index contributed by atoms with van der Waals surface area (Å²) in [6.45, 7) is 3.14. The van der Waals surface area contributed by atoms with Gasteiger partial charge in [0.05, 0.1) is 0 Å². The van der Waals surface area contributed by atoms with Gasteiger partial charge < -0.3 is 10.6 Å². The number of likely N-dealkylation sites (N-methyl/N-ethyl adjacent to an activating group) is 1. The van der Waals surface area contributed by atoms with Crippen LogP contribution in [0.1, 0.15) is 12.0 Å². The lowest BCUT2D eigenvalue weighted by atomic mass is 10.2. The van der Waals surface area contributed by atoms with Crippen LogP contribution in [-0.4, -0.2) is 43.0 Å². The fourth-order valence-corrected chi connectivity index (χ4v) is 2.51. The molecule has 94 valence electrons. The highest BCUT2D eigenvalue weighted by atomic mass is 35.5. The number of likely N-dealkylation sites (tertiary alicyclic amines) is 1. The molecule has 1 fully saturated rings. The summed E-state index contributed by atoms with van der Waals surface area (Å²) >= 11 is 6.18. The Morgan fingerprint density at radius 3 is 2.88 bits per heavy atom. The van der Waals surface area contributed by atoms with Gasteiger partial charge in [-0.05, 0) is 44.3 Å². The summed E-state index contributed by atoms with van der Waals surface area (Å²) in [7, 11) is 4.28. The third kappa shape index (κ3) is 3.12. The molecule has 0 unspecified atom stereocenters. The van der Waals surface area contributed by atoms with E-state index in [1.807, 2.05) is 18.2 Å². The average molecular weight is 254 g/mol. The SMILES string of the molecule is CN(C)[C@@H]1CCN(Cc2cc(N)ccc2Cl)C1. The standard InChI is InChI=1S/C13H20ClN3/c1-16(2)12-5-6-17(9-12)8-10-7-11(15)3-4-13(10)14/h3-4,7,12H,5-6,8-9,15H2,1-2H3/t12-/m1/s1. The van der Waals surface area contributed by atoms with Gasteiger partial charge in [0.1, 0.15) is 0 Å². The van der Waals surface area contributed by atoms with Crippen molar-refractivity contribution in [3.05, 3.63) is 28.8 Å². The molecule has 3 nitrogen and oxygen atoms in total. The first-order valence-corrected chi connectivity index (χ1v) is 6.37. The number of anilines is 1. The zero-order chi connectivity index (χ0) is 12.4. The first-order chi connectivity index (χ1) is 8.06. The summed E-state index contributed by atoms with van der Waals surface area (Å²) in [5.74, 6) is 0. The molecule has 0 bridgehead atoms. The van der Waals surface area contributed by atoms with Gasteiger partial charge >= 0.3 is 0 Å². The minimum atomic E-state index is 0.662. The molecular weight excluding hydrogens is 234 g/mol. The molecule has 1 aliphatic rings. The van der Waals surface area contributed by atoms with E-state index in [1.54, 1.807) is 0 Å².